The minimum Gasteiger partial charge on any atom is -0.325 e. The fourth-order valence-corrected chi connectivity index (χ4v) is 2.37. The van der Waals surface area contributed by atoms with Crippen molar-refractivity contribution in [1.29, 1.82) is 0 Å². The van der Waals surface area contributed by atoms with Gasteiger partial charge in [0.15, 0.2) is 0 Å². The summed E-state index contributed by atoms with van der Waals surface area (Å²) in [6.45, 7) is 3.14. The third-order valence-electron chi connectivity index (χ3n) is 3.30. The second kappa shape index (κ2) is 4.47. The summed E-state index contributed by atoms with van der Waals surface area (Å²) in [6.07, 6.45) is -9.60. The Kier molecular flexibility index (Phi) is 3.82. The van der Waals surface area contributed by atoms with Gasteiger partial charge in [-0.05, 0) is 18.3 Å². The molecule has 2 N–H and O–H groups in total. The largest absolute Gasteiger partial charge is 0.394 e. The molecule has 0 spiro atoms. The topological polar surface area (TPSA) is 26.0 Å². The molecule has 1 aliphatic rings. The van der Waals surface area contributed by atoms with E-state index in [0.717, 1.165) is 0 Å². The van der Waals surface area contributed by atoms with Crippen molar-refractivity contribution in [3.8, 4) is 0 Å². The second-order valence-electron chi connectivity index (χ2n) is 4.76. The fourth-order valence-electron chi connectivity index (χ4n) is 2.37. The predicted molar refractivity (Wildman–Crippen MR) is 50.3 cm³/mol. The molecule has 6 heteroatoms. The van der Waals surface area contributed by atoms with Crippen LogP contribution in [0.2, 0.25) is 0 Å². The van der Waals surface area contributed by atoms with Crippen LogP contribution in [0.5, 0.6) is 0 Å². The first-order valence-corrected chi connectivity index (χ1v) is 5.26. The van der Waals surface area contributed by atoms with Crippen LogP contribution in [0, 0.1) is 17.8 Å². The van der Waals surface area contributed by atoms with Gasteiger partial charge in [0.1, 0.15) is 12.3 Å². The number of nitrogens with two attached hydrogens (primary N) is 1. The van der Waals surface area contributed by atoms with Gasteiger partial charge in [-0.3, -0.25) is 0 Å². The summed E-state index contributed by atoms with van der Waals surface area (Å²) in [5, 5.41) is 0. The van der Waals surface area contributed by atoms with E-state index in [2.05, 4.69) is 0 Å². The maximum atomic E-state index is 13.4. The van der Waals surface area contributed by atoms with Crippen LogP contribution in [0.1, 0.15) is 20.3 Å². The van der Waals surface area contributed by atoms with Crippen LogP contribution in [0.3, 0.4) is 0 Å². The van der Waals surface area contributed by atoms with Crippen LogP contribution < -0.4 is 5.73 Å². The smallest absolute Gasteiger partial charge is 0.325 e. The molecule has 16 heavy (non-hydrogen) atoms. The molecule has 1 saturated carbocycles. The molecule has 1 rings (SSSR count). The minimum atomic E-state index is -4.71. The summed E-state index contributed by atoms with van der Waals surface area (Å²) in [5.74, 6) is -3.55. The van der Waals surface area contributed by atoms with Gasteiger partial charge < -0.3 is 5.73 Å². The highest BCUT2D eigenvalue weighted by molar-refractivity contribution is 4.98. The Morgan fingerprint density at radius 2 is 1.62 bits per heavy atom. The van der Waals surface area contributed by atoms with E-state index in [-0.39, 0.29) is 12.3 Å². The van der Waals surface area contributed by atoms with Gasteiger partial charge in [-0.15, -0.1) is 0 Å². The molecule has 0 heterocycles. The zero-order valence-corrected chi connectivity index (χ0v) is 9.14. The third kappa shape index (κ3) is 2.47. The van der Waals surface area contributed by atoms with Crippen LogP contribution in [0.4, 0.5) is 22.0 Å². The Bertz CT molecular complexity index is 240. The number of rotatable bonds is 1. The van der Waals surface area contributed by atoms with Gasteiger partial charge in [0.05, 0.1) is 5.92 Å². The molecule has 0 bridgehead atoms. The van der Waals surface area contributed by atoms with Crippen molar-refractivity contribution in [2.75, 3.05) is 0 Å². The first-order chi connectivity index (χ1) is 7.16. The van der Waals surface area contributed by atoms with E-state index < -0.39 is 36.4 Å². The summed E-state index contributed by atoms with van der Waals surface area (Å²) in [4.78, 5) is 0. The van der Waals surface area contributed by atoms with Crippen molar-refractivity contribution >= 4 is 0 Å². The quantitative estimate of drug-likeness (QED) is 0.706. The Morgan fingerprint density at radius 1 is 1.12 bits per heavy atom. The molecule has 0 aliphatic heterocycles. The van der Waals surface area contributed by atoms with Crippen LogP contribution in [-0.2, 0) is 0 Å². The maximum Gasteiger partial charge on any atom is 0.394 e. The molecule has 1 nitrogen and oxygen atoms in total. The summed E-state index contributed by atoms with van der Waals surface area (Å²) < 4.78 is 64.6. The van der Waals surface area contributed by atoms with E-state index >= 15 is 0 Å². The standard InChI is InChI=1S/C10H16F5N/c1-4(2)5-3-6(16)8(11)9(12)7(5)10(13,14)15/h4-9H,3,16H2,1-2H3. The van der Waals surface area contributed by atoms with E-state index in [1.165, 1.54) is 0 Å². The molecule has 0 radical (unpaired) electrons. The first kappa shape index (κ1) is 13.7. The summed E-state index contributed by atoms with van der Waals surface area (Å²) in [5.41, 5.74) is 5.32. The zero-order valence-electron chi connectivity index (χ0n) is 9.14. The van der Waals surface area contributed by atoms with Crippen molar-refractivity contribution in [3.63, 3.8) is 0 Å². The van der Waals surface area contributed by atoms with Crippen molar-refractivity contribution in [2.24, 2.45) is 23.5 Å². The molecule has 5 atom stereocenters. The summed E-state index contributed by atoms with van der Waals surface area (Å²) >= 11 is 0. The molecule has 0 aromatic carbocycles. The molecule has 0 aromatic rings. The van der Waals surface area contributed by atoms with Gasteiger partial charge in [-0.2, -0.15) is 13.2 Å². The highest BCUT2D eigenvalue weighted by atomic mass is 19.4. The number of hydrogen-bond acceptors (Lipinski definition) is 1. The molecule has 5 unspecified atom stereocenters. The number of halogens is 5. The summed E-state index contributed by atoms with van der Waals surface area (Å²) in [7, 11) is 0. The van der Waals surface area contributed by atoms with Crippen LogP contribution >= 0.6 is 0 Å². The van der Waals surface area contributed by atoms with Gasteiger partial charge >= 0.3 is 6.18 Å². The van der Waals surface area contributed by atoms with Gasteiger partial charge in [-0.1, -0.05) is 13.8 Å². The molecule has 0 aromatic heterocycles. The number of alkyl halides is 5. The highest BCUT2D eigenvalue weighted by Gasteiger charge is 2.57. The average Bonchev–Trinajstić information content (AvgIpc) is 2.10. The third-order valence-corrected chi connectivity index (χ3v) is 3.30. The first-order valence-electron chi connectivity index (χ1n) is 5.26. The molecule has 1 fully saturated rings. The van der Waals surface area contributed by atoms with E-state index in [0.29, 0.717) is 0 Å². The summed E-state index contributed by atoms with van der Waals surface area (Å²) in [6, 6.07) is -1.14. The molecule has 1 aliphatic carbocycles. The van der Waals surface area contributed by atoms with Crippen LogP contribution in [-0.4, -0.2) is 24.6 Å². The molecule has 0 amide bonds. The number of hydrogen-bond donors (Lipinski definition) is 1. The molecule has 96 valence electrons. The molecular formula is C10H16F5N. The van der Waals surface area contributed by atoms with Crippen molar-refractivity contribution < 1.29 is 22.0 Å². The van der Waals surface area contributed by atoms with Gasteiger partial charge in [-0.25, -0.2) is 8.78 Å². The normalized spacial score (nSPS) is 41.4. The van der Waals surface area contributed by atoms with Gasteiger partial charge in [0.25, 0.3) is 0 Å². The lowest BCUT2D eigenvalue weighted by molar-refractivity contribution is -0.228. The fraction of sp³-hybridized carbons (Fsp3) is 1.00. The Hall–Kier alpha value is -0.390. The van der Waals surface area contributed by atoms with Crippen LogP contribution in [0.25, 0.3) is 0 Å². The Balaban J connectivity index is 2.98. The second-order valence-corrected chi connectivity index (χ2v) is 4.76. The maximum absolute atomic E-state index is 13.4. The Labute approximate surface area is 91.2 Å². The van der Waals surface area contributed by atoms with Crippen molar-refractivity contribution in [1.82, 2.24) is 0 Å². The van der Waals surface area contributed by atoms with E-state index in [9.17, 15) is 22.0 Å². The SMILES string of the molecule is CC(C)C1CC(N)C(F)C(F)C1C(F)(F)F. The predicted octanol–water partition coefficient (Wildman–Crippen LogP) is 2.84. The highest BCUT2D eigenvalue weighted by Crippen LogP contribution is 2.46. The van der Waals surface area contributed by atoms with Gasteiger partial charge in [0, 0.05) is 6.04 Å². The Morgan fingerprint density at radius 3 is 2.00 bits per heavy atom. The van der Waals surface area contributed by atoms with Crippen molar-refractivity contribution in [3.05, 3.63) is 0 Å². The average molecular weight is 245 g/mol. The monoisotopic (exact) mass is 245 g/mol. The minimum absolute atomic E-state index is 0.122. The lowest BCUT2D eigenvalue weighted by Crippen LogP contribution is -2.55. The van der Waals surface area contributed by atoms with E-state index in [4.69, 9.17) is 5.73 Å². The van der Waals surface area contributed by atoms with E-state index in [1.807, 2.05) is 0 Å². The zero-order chi connectivity index (χ0) is 12.7. The van der Waals surface area contributed by atoms with E-state index in [1.54, 1.807) is 13.8 Å². The molecular weight excluding hydrogens is 229 g/mol. The van der Waals surface area contributed by atoms with Crippen LogP contribution in [0.15, 0.2) is 0 Å². The lowest BCUT2D eigenvalue weighted by atomic mass is 9.70. The van der Waals surface area contributed by atoms with Crippen molar-refractivity contribution in [2.45, 2.75) is 44.8 Å². The lowest BCUT2D eigenvalue weighted by Gasteiger charge is -2.42. The molecule has 0 saturated heterocycles. The van der Waals surface area contributed by atoms with Gasteiger partial charge in [0.2, 0.25) is 0 Å².